The first-order chi connectivity index (χ1) is 9.39. The number of methoxy groups -OCH3 is 1. The molecule has 0 aliphatic rings. The molecule has 2 rings (SSSR count). The van der Waals surface area contributed by atoms with Crippen molar-refractivity contribution in [2.24, 2.45) is 0 Å². The second-order valence-corrected chi connectivity index (χ2v) is 6.49. The molecule has 0 saturated carbocycles. The lowest BCUT2D eigenvalue weighted by Crippen LogP contribution is -2.13. The third kappa shape index (κ3) is 3.47. The molecule has 1 aromatic carbocycles. The molecule has 1 aromatic heterocycles. The van der Waals surface area contributed by atoms with Gasteiger partial charge in [-0.05, 0) is 12.1 Å². The highest BCUT2D eigenvalue weighted by atomic mass is 32.2. The van der Waals surface area contributed by atoms with Crippen LogP contribution in [0.2, 0.25) is 0 Å². The SMILES string of the molecule is COc1ccc2nc(CS(=O)(=O)CCC(=O)O)[nH]c2c1. The number of carbonyl (C=O) groups is 1. The van der Waals surface area contributed by atoms with Crippen LogP contribution in [0.3, 0.4) is 0 Å². The standard InChI is InChI=1S/C12H14N2O5S/c1-19-8-2-3-9-10(6-8)14-11(13-9)7-20(17,18)5-4-12(15)16/h2-3,6H,4-5,7H2,1H3,(H,13,14)(H,15,16). The quantitative estimate of drug-likeness (QED) is 0.822. The Kier molecular flexibility index (Phi) is 3.93. The number of imidazole rings is 1. The number of carboxylic acid groups (broad SMARTS) is 1. The summed E-state index contributed by atoms with van der Waals surface area (Å²) in [7, 11) is -1.96. The molecule has 2 aromatic rings. The lowest BCUT2D eigenvalue weighted by Gasteiger charge is -1.99. The van der Waals surface area contributed by atoms with E-state index >= 15 is 0 Å². The van der Waals surface area contributed by atoms with Crippen LogP contribution in [0.1, 0.15) is 12.2 Å². The number of aliphatic carboxylic acids is 1. The van der Waals surface area contributed by atoms with Gasteiger partial charge in [-0.25, -0.2) is 13.4 Å². The maximum absolute atomic E-state index is 11.8. The Labute approximate surface area is 115 Å². The van der Waals surface area contributed by atoms with Crippen molar-refractivity contribution < 1.29 is 23.1 Å². The first kappa shape index (κ1) is 14.3. The number of carboxylic acids is 1. The van der Waals surface area contributed by atoms with Crippen LogP contribution in [-0.4, -0.2) is 42.3 Å². The molecule has 1 heterocycles. The van der Waals surface area contributed by atoms with Gasteiger partial charge in [-0.15, -0.1) is 0 Å². The molecule has 0 aliphatic heterocycles. The zero-order valence-electron chi connectivity index (χ0n) is 10.8. The number of H-pyrrole nitrogens is 1. The molecule has 0 amide bonds. The van der Waals surface area contributed by atoms with E-state index in [2.05, 4.69) is 9.97 Å². The largest absolute Gasteiger partial charge is 0.497 e. The number of rotatable bonds is 6. The normalized spacial score (nSPS) is 11.7. The highest BCUT2D eigenvalue weighted by Gasteiger charge is 2.16. The number of aromatic amines is 1. The number of ether oxygens (including phenoxy) is 1. The van der Waals surface area contributed by atoms with E-state index in [0.29, 0.717) is 22.6 Å². The van der Waals surface area contributed by atoms with E-state index in [0.717, 1.165) is 0 Å². The number of hydrogen-bond donors (Lipinski definition) is 2. The molecule has 0 aliphatic carbocycles. The monoisotopic (exact) mass is 298 g/mol. The van der Waals surface area contributed by atoms with Gasteiger partial charge in [0.1, 0.15) is 17.3 Å². The van der Waals surface area contributed by atoms with Crippen LogP contribution >= 0.6 is 0 Å². The van der Waals surface area contributed by atoms with Crippen molar-refractivity contribution in [2.45, 2.75) is 12.2 Å². The zero-order chi connectivity index (χ0) is 14.8. The van der Waals surface area contributed by atoms with Gasteiger partial charge in [0.2, 0.25) is 0 Å². The maximum atomic E-state index is 11.8. The summed E-state index contributed by atoms with van der Waals surface area (Å²) < 4.78 is 28.6. The van der Waals surface area contributed by atoms with E-state index < -0.39 is 28.0 Å². The van der Waals surface area contributed by atoms with E-state index in [9.17, 15) is 13.2 Å². The first-order valence-electron chi connectivity index (χ1n) is 5.84. The van der Waals surface area contributed by atoms with Gasteiger partial charge in [-0.2, -0.15) is 0 Å². The van der Waals surface area contributed by atoms with Crippen molar-refractivity contribution in [2.75, 3.05) is 12.9 Å². The van der Waals surface area contributed by atoms with Gasteiger partial charge in [-0.1, -0.05) is 0 Å². The fraction of sp³-hybridized carbons (Fsp3) is 0.333. The van der Waals surface area contributed by atoms with Crippen LogP contribution in [0.25, 0.3) is 11.0 Å². The topological polar surface area (TPSA) is 109 Å². The molecule has 0 fully saturated rings. The molecule has 7 nitrogen and oxygen atoms in total. The molecule has 2 N–H and O–H groups in total. The van der Waals surface area contributed by atoms with Crippen molar-refractivity contribution in [3.63, 3.8) is 0 Å². The van der Waals surface area contributed by atoms with E-state index in [1.54, 1.807) is 18.2 Å². The van der Waals surface area contributed by atoms with Crippen LogP contribution in [0.5, 0.6) is 5.75 Å². The van der Waals surface area contributed by atoms with Gasteiger partial charge >= 0.3 is 5.97 Å². The summed E-state index contributed by atoms with van der Waals surface area (Å²) in [6.45, 7) is 0. The second-order valence-electron chi connectivity index (χ2n) is 4.30. The molecule has 0 unspecified atom stereocenters. The molecule has 108 valence electrons. The van der Waals surface area contributed by atoms with Crippen molar-refractivity contribution >= 4 is 26.8 Å². The van der Waals surface area contributed by atoms with Crippen LogP contribution in [0.15, 0.2) is 18.2 Å². The van der Waals surface area contributed by atoms with E-state index in [1.807, 2.05) is 0 Å². The van der Waals surface area contributed by atoms with Gasteiger partial charge < -0.3 is 14.8 Å². The summed E-state index contributed by atoms with van der Waals surface area (Å²) in [5, 5.41) is 8.51. The van der Waals surface area contributed by atoms with Gasteiger partial charge in [0.05, 0.1) is 30.3 Å². The minimum Gasteiger partial charge on any atom is -0.497 e. The number of hydrogen-bond acceptors (Lipinski definition) is 5. The number of sulfone groups is 1. The minimum absolute atomic E-state index is 0.290. The number of nitrogens with one attached hydrogen (secondary N) is 1. The average molecular weight is 298 g/mol. The van der Waals surface area contributed by atoms with E-state index in [1.165, 1.54) is 7.11 Å². The Bertz CT molecular complexity index is 735. The number of nitrogens with zero attached hydrogens (tertiary/aromatic N) is 1. The highest BCUT2D eigenvalue weighted by molar-refractivity contribution is 7.90. The molecule has 0 spiro atoms. The summed E-state index contributed by atoms with van der Waals surface area (Å²) in [6, 6.07) is 5.17. The Morgan fingerprint density at radius 3 is 2.85 bits per heavy atom. The summed E-state index contributed by atoms with van der Waals surface area (Å²) in [5.74, 6) is -0.914. The van der Waals surface area contributed by atoms with Crippen molar-refractivity contribution in [3.8, 4) is 5.75 Å². The highest BCUT2D eigenvalue weighted by Crippen LogP contribution is 2.19. The third-order valence-electron chi connectivity index (χ3n) is 2.72. The Morgan fingerprint density at radius 1 is 1.45 bits per heavy atom. The molecule has 0 atom stereocenters. The first-order valence-corrected chi connectivity index (χ1v) is 7.66. The van der Waals surface area contributed by atoms with Crippen molar-refractivity contribution in [1.29, 1.82) is 0 Å². The fourth-order valence-electron chi connectivity index (χ4n) is 1.76. The molecular formula is C12H14N2O5S. The summed E-state index contributed by atoms with van der Waals surface area (Å²) in [4.78, 5) is 17.5. The average Bonchev–Trinajstić information content (AvgIpc) is 2.76. The molecule has 0 saturated heterocycles. The molecule has 0 radical (unpaired) electrons. The van der Waals surface area contributed by atoms with Crippen LogP contribution in [0, 0.1) is 0 Å². The summed E-state index contributed by atoms with van der Waals surface area (Å²) in [6.07, 6.45) is -0.406. The summed E-state index contributed by atoms with van der Waals surface area (Å²) in [5.41, 5.74) is 1.31. The Balaban J connectivity index is 2.19. The van der Waals surface area contributed by atoms with Crippen molar-refractivity contribution in [3.05, 3.63) is 24.0 Å². The molecule has 20 heavy (non-hydrogen) atoms. The van der Waals surface area contributed by atoms with Gasteiger partial charge in [-0.3, -0.25) is 4.79 Å². The summed E-state index contributed by atoms with van der Waals surface area (Å²) >= 11 is 0. The third-order valence-corrected chi connectivity index (χ3v) is 4.26. The maximum Gasteiger partial charge on any atom is 0.304 e. The Hall–Kier alpha value is -2.09. The molecular weight excluding hydrogens is 284 g/mol. The van der Waals surface area contributed by atoms with E-state index in [4.69, 9.17) is 9.84 Å². The predicted octanol–water partition coefficient (Wildman–Crippen LogP) is 0.961. The lowest BCUT2D eigenvalue weighted by molar-refractivity contribution is -0.136. The van der Waals surface area contributed by atoms with Crippen LogP contribution < -0.4 is 4.74 Å². The number of fused-ring (bicyclic) bond motifs is 1. The van der Waals surface area contributed by atoms with E-state index in [-0.39, 0.29) is 5.75 Å². The fourth-order valence-corrected chi connectivity index (χ4v) is 2.94. The zero-order valence-corrected chi connectivity index (χ0v) is 11.6. The van der Waals surface area contributed by atoms with Crippen molar-refractivity contribution in [1.82, 2.24) is 9.97 Å². The molecule has 8 heteroatoms. The van der Waals surface area contributed by atoms with Crippen LogP contribution in [0.4, 0.5) is 0 Å². The van der Waals surface area contributed by atoms with Gasteiger partial charge in [0.15, 0.2) is 9.84 Å². The second kappa shape index (κ2) is 5.49. The van der Waals surface area contributed by atoms with Gasteiger partial charge in [0.25, 0.3) is 0 Å². The number of aromatic nitrogens is 2. The van der Waals surface area contributed by atoms with Crippen LogP contribution in [-0.2, 0) is 20.4 Å². The number of benzene rings is 1. The van der Waals surface area contributed by atoms with Gasteiger partial charge in [0, 0.05) is 6.07 Å². The lowest BCUT2D eigenvalue weighted by atomic mass is 10.3. The molecule has 0 bridgehead atoms. The smallest absolute Gasteiger partial charge is 0.304 e. The minimum atomic E-state index is -3.50. The Morgan fingerprint density at radius 2 is 2.20 bits per heavy atom. The predicted molar refractivity (Wildman–Crippen MR) is 72.4 cm³/mol.